The van der Waals surface area contributed by atoms with Crippen LogP contribution in [0.3, 0.4) is 0 Å². The highest BCUT2D eigenvalue weighted by atomic mass is 32.1. The minimum absolute atomic E-state index is 0.00806. The summed E-state index contributed by atoms with van der Waals surface area (Å²) >= 11 is 1.59. The molecule has 3 aromatic heterocycles. The van der Waals surface area contributed by atoms with Crippen molar-refractivity contribution in [2.24, 2.45) is 0 Å². The first-order valence-electron chi connectivity index (χ1n) is 7.98. The largest absolute Gasteiger partial charge is 0.333 e. The smallest absolute Gasteiger partial charge is 0.263 e. The molecule has 136 valence electrons. The fourth-order valence-electron chi connectivity index (χ4n) is 2.61. The molecule has 1 N–H and O–H groups in total. The van der Waals surface area contributed by atoms with Crippen LogP contribution in [0, 0.1) is 13.8 Å². The number of hydrogen-bond acceptors (Lipinski definition) is 7. The molecule has 0 aliphatic heterocycles. The molecule has 0 saturated heterocycles. The lowest BCUT2D eigenvalue weighted by atomic mass is 10.1. The van der Waals surface area contributed by atoms with Gasteiger partial charge in [-0.25, -0.2) is 19.6 Å². The lowest BCUT2D eigenvalue weighted by molar-refractivity contribution is 0.0737. The van der Waals surface area contributed by atoms with Crippen molar-refractivity contribution in [2.75, 3.05) is 7.05 Å². The number of hydrogen-bond donors (Lipinski definition) is 1. The highest BCUT2D eigenvalue weighted by Crippen LogP contribution is 2.26. The molecule has 0 saturated carbocycles. The van der Waals surface area contributed by atoms with Crippen LogP contribution in [-0.4, -0.2) is 47.6 Å². The zero-order valence-corrected chi connectivity index (χ0v) is 15.7. The SMILES string of the molecule is Cc1nc([C@@H](C)N(C)C(=O)c2cnc(Cn3cncn3)[nH]c2=O)c(C)s1. The van der Waals surface area contributed by atoms with Gasteiger partial charge in [0.2, 0.25) is 0 Å². The average Bonchev–Trinajstić information content (AvgIpc) is 3.22. The van der Waals surface area contributed by atoms with E-state index in [9.17, 15) is 9.59 Å². The van der Waals surface area contributed by atoms with Gasteiger partial charge in [0.25, 0.3) is 11.5 Å². The standard InChI is InChI=1S/C16H19N7O2S/c1-9(14-10(2)26-11(3)20-14)22(4)16(25)12-5-18-13(21-15(12)24)6-23-8-17-7-19-23/h5,7-9H,6H2,1-4H3,(H,18,21,24)/t9-/m1/s1. The second-order valence-electron chi connectivity index (χ2n) is 5.93. The first-order valence-corrected chi connectivity index (χ1v) is 8.80. The topological polar surface area (TPSA) is 110 Å². The summed E-state index contributed by atoms with van der Waals surface area (Å²) in [6, 6.07) is -0.248. The molecule has 3 aromatic rings. The molecule has 0 aromatic carbocycles. The van der Waals surface area contributed by atoms with Gasteiger partial charge in [-0.1, -0.05) is 0 Å². The molecule has 10 heteroatoms. The first-order chi connectivity index (χ1) is 12.4. The van der Waals surface area contributed by atoms with Gasteiger partial charge >= 0.3 is 0 Å². The number of nitrogens with zero attached hydrogens (tertiary/aromatic N) is 6. The number of aryl methyl sites for hydroxylation is 2. The molecule has 0 bridgehead atoms. The summed E-state index contributed by atoms with van der Waals surface area (Å²) in [5, 5.41) is 4.90. The molecular weight excluding hydrogens is 354 g/mol. The number of carbonyl (C=O) groups excluding carboxylic acids is 1. The monoisotopic (exact) mass is 373 g/mol. The van der Waals surface area contributed by atoms with E-state index in [1.807, 2.05) is 20.8 Å². The van der Waals surface area contributed by atoms with Crippen molar-refractivity contribution in [3.05, 3.63) is 56.2 Å². The number of aromatic amines is 1. The van der Waals surface area contributed by atoms with Crippen LogP contribution in [0.4, 0.5) is 0 Å². The number of H-pyrrole nitrogens is 1. The molecule has 3 heterocycles. The van der Waals surface area contributed by atoms with Gasteiger partial charge in [-0.15, -0.1) is 11.3 Å². The number of rotatable bonds is 5. The van der Waals surface area contributed by atoms with Crippen molar-refractivity contribution in [2.45, 2.75) is 33.4 Å². The third-order valence-corrected chi connectivity index (χ3v) is 5.00. The predicted octanol–water partition coefficient (Wildman–Crippen LogP) is 1.32. The van der Waals surface area contributed by atoms with Crippen LogP contribution < -0.4 is 5.56 Å². The van der Waals surface area contributed by atoms with Gasteiger partial charge in [0.1, 0.15) is 30.6 Å². The Hall–Kier alpha value is -2.88. The van der Waals surface area contributed by atoms with Crippen LogP contribution in [-0.2, 0) is 6.54 Å². The van der Waals surface area contributed by atoms with E-state index in [0.29, 0.717) is 5.82 Å². The van der Waals surface area contributed by atoms with Gasteiger partial charge in [0.05, 0.1) is 16.7 Å². The Morgan fingerprint density at radius 1 is 1.42 bits per heavy atom. The van der Waals surface area contributed by atoms with Crippen LogP contribution in [0.15, 0.2) is 23.6 Å². The second kappa shape index (κ2) is 7.16. The highest BCUT2D eigenvalue weighted by Gasteiger charge is 2.24. The Labute approximate surface area is 153 Å². The zero-order chi connectivity index (χ0) is 18.8. The first kappa shape index (κ1) is 17.9. The molecule has 0 unspecified atom stereocenters. The summed E-state index contributed by atoms with van der Waals surface area (Å²) < 4.78 is 1.53. The Balaban J connectivity index is 1.80. The van der Waals surface area contributed by atoms with Crippen molar-refractivity contribution in [3.63, 3.8) is 0 Å². The molecule has 0 spiro atoms. The number of carbonyl (C=O) groups is 1. The van der Waals surface area contributed by atoms with Crippen LogP contribution in [0.2, 0.25) is 0 Å². The molecule has 9 nitrogen and oxygen atoms in total. The number of thiazole rings is 1. The summed E-state index contributed by atoms with van der Waals surface area (Å²) in [4.78, 5) is 42.8. The van der Waals surface area contributed by atoms with Gasteiger partial charge < -0.3 is 9.88 Å². The minimum Gasteiger partial charge on any atom is -0.333 e. The molecule has 0 fully saturated rings. The van der Waals surface area contributed by atoms with E-state index < -0.39 is 11.5 Å². The lowest BCUT2D eigenvalue weighted by Crippen LogP contribution is -2.34. The Morgan fingerprint density at radius 2 is 2.19 bits per heavy atom. The molecule has 1 atom stereocenters. The van der Waals surface area contributed by atoms with E-state index >= 15 is 0 Å². The summed E-state index contributed by atoms with van der Waals surface area (Å²) in [5.74, 6) is 0.00216. The number of amides is 1. The molecule has 0 aliphatic carbocycles. The molecule has 0 radical (unpaired) electrons. The van der Waals surface area contributed by atoms with Crippen LogP contribution in [0.1, 0.15) is 44.7 Å². The van der Waals surface area contributed by atoms with Crippen molar-refractivity contribution >= 4 is 17.2 Å². The van der Waals surface area contributed by atoms with E-state index in [-0.39, 0.29) is 18.2 Å². The maximum absolute atomic E-state index is 12.7. The molecule has 3 rings (SSSR count). The van der Waals surface area contributed by atoms with E-state index in [2.05, 4.69) is 25.0 Å². The fourth-order valence-corrected chi connectivity index (χ4v) is 3.52. The maximum Gasteiger partial charge on any atom is 0.263 e. The maximum atomic E-state index is 12.7. The molecule has 0 aliphatic rings. The van der Waals surface area contributed by atoms with E-state index in [4.69, 9.17) is 0 Å². The van der Waals surface area contributed by atoms with Crippen molar-refractivity contribution in [3.8, 4) is 0 Å². The summed E-state index contributed by atoms with van der Waals surface area (Å²) in [6.07, 6.45) is 4.22. The van der Waals surface area contributed by atoms with Gasteiger partial charge in [0.15, 0.2) is 0 Å². The predicted molar refractivity (Wildman–Crippen MR) is 96.1 cm³/mol. The molecule has 1 amide bonds. The highest BCUT2D eigenvalue weighted by molar-refractivity contribution is 7.11. The summed E-state index contributed by atoms with van der Waals surface area (Å²) in [6.45, 7) is 6.06. The summed E-state index contributed by atoms with van der Waals surface area (Å²) in [7, 11) is 1.66. The molecular formula is C16H19N7O2S. The van der Waals surface area contributed by atoms with Crippen molar-refractivity contribution in [1.82, 2.24) is 34.6 Å². The van der Waals surface area contributed by atoms with Gasteiger partial charge in [-0.05, 0) is 20.8 Å². The lowest BCUT2D eigenvalue weighted by Gasteiger charge is -2.24. The van der Waals surface area contributed by atoms with Gasteiger partial charge in [-0.2, -0.15) is 5.10 Å². The van der Waals surface area contributed by atoms with Gasteiger partial charge in [0, 0.05) is 18.1 Å². The van der Waals surface area contributed by atoms with Gasteiger partial charge in [-0.3, -0.25) is 9.59 Å². The fraction of sp³-hybridized carbons (Fsp3) is 0.375. The number of nitrogens with one attached hydrogen (secondary N) is 1. The Bertz CT molecular complexity index is 977. The van der Waals surface area contributed by atoms with E-state index in [0.717, 1.165) is 15.6 Å². The molecule has 26 heavy (non-hydrogen) atoms. The van der Waals surface area contributed by atoms with E-state index in [1.54, 1.807) is 18.4 Å². The third-order valence-electron chi connectivity index (χ3n) is 4.10. The van der Waals surface area contributed by atoms with Crippen molar-refractivity contribution < 1.29 is 4.79 Å². The van der Waals surface area contributed by atoms with E-state index in [1.165, 1.54) is 28.4 Å². The zero-order valence-electron chi connectivity index (χ0n) is 14.9. The van der Waals surface area contributed by atoms with Crippen LogP contribution in [0.25, 0.3) is 0 Å². The quantitative estimate of drug-likeness (QED) is 0.722. The third kappa shape index (κ3) is 3.54. The number of aromatic nitrogens is 6. The Morgan fingerprint density at radius 3 is 2.77 bits per heavy atom. The van der Waals surface area contributed by atoms with Crippen LogP contribution in [0.5, 0.6) is 0 Å². The van der Waals surface area contributed by atoms with Crippen LogP contribution >= 0.6 is 11.3 Å². The second-order valence-corrected chi connectivity index (χ2v) is 7.34. The Kier molecular flexibility index (Phi) is 4.94. The summed E-state index contributed by atoms with van der Waals surface area (Å²) in [5.41, 5.74) is 0.354. The minimum atomic E-state index is -0.481. The average molecular weight is 373 g/mol. The van der Waals surface area contributed by atoms with Crippen molar-refractivity contribution in [1.29, 1.82) is 0 Å². The normalized spacial score (nSPS) is 12.2.